The number of amides is 1. The van der Waals surface area contributed by atoms with Gasteiger partial charge in [0.1, 0.15) is 11.5 Å². The summed E-state index contributed by atoms with van der Waals surface area (Å²) < 4.78 is 21.2. The van der Waals surface area contributed by atoms with Gasteiger partial charge in [-0.25, -0.2) is 10.2 Å². The topological polar surface area (TPSA) is 95.5 Å². The monoisotopic (exact) mass is 462 g/mol. The van der Waals surface area contributed by atoms with Gasteiger partial charge in [-0.05, 0) is 72.1 Å². The quantitative estimate of drug-likeness (QED) is 0.212. The second-order valence-electron chi connectivity index (χ2n) is 7.11. The van der Waals surface area contributed by atoms with Gasteiger partial charge in [0.2, 0.25) is 0 Å². The van der Waals surface area contributed by atoms with E-state index in [2.05, 4.69) is 17.5 Å². The van der Waals surface area contributed by atoms with Gasteiger partial charge in [0, 0.05) is 0 Å². The third-order valence-corrected chi connectivity index (χ3v) is 4.81. The number of methoxy groups -OCH3 is 2. The lowest BCUT2D eigenvalue weighted by Crippen LogP contribution is -2.24. The van der Waals surface area contributed by atoms with Crippen molar-refractivity contribution in [2.75, 3.05) is 20.8 Å². The lowest BCUT2D eigenvalue weighted by Gasteiger charge is -2.09. The van der Waals surface area contributed by atoms with Crippen molar-refractivity contribution in [1.82, 2.24) is 5.43 Å². The molecule has 176 valence electrons. The first-order valence-electron chi connectivity index (χ1n) is 10.6. The Bertz CT molecular complexity index is 1140. The maximum atomic E-state index is 12.4. The van der Waals surface area contributed by atoms with Crippen LogP contribution >= 0.6 is 0 Å². The number of hydrogen-bond acceptors (Lipinski definition) is 7. The molecule has 3 rings (SSSR count). The molecular weight excluding hydrogens is 436 g/mol. The molecule has 0 aromatic heterocycles. The van der Waals surface area contributed by atoms with E-state index < -0.39 is 5.97 Å². The van der Waals surface area contributed by atoms with Gasteiger partial charge in [0.05, 0.1) is 26.0 Å². The van der Waals surface area contributed by atoms with Crippen molar-refractivity contribution >= 4 is 18.1 Å². The second kappa shape index (κ2) is 12.1. The summed E-state index contributed by atoms with van der Waals surface area (Å²) in [5, 5.41) is 3.92. The molecule has 3 aromatic rings. The van der Waals surface area contributed by atoms with E-state index in [1.807, 2.05) is 24.3 Å². The summed E-state index contributed by atoms with van der Waals surface area (Å²) in [7, 11) is 3.01. The Kier molecular flexibility index (Phi) is 8.62. The van der Waals surface area contributed by atoms with E-state index in [9.17, 15) is 9.59 Å². The SMILES string of the molecule is CCc1ccc(OCC(=O)NN=Cc2ccc(OC(=O)c3ccc(OC)c(OC)c3)cc2)cc1. The summed E-state index contributed by atoms with van der Waals surface area (Å²) in [5.74, 6) is 1.03. The molecule has 3 aromatic carbocycles. The summed E-state index contributed by atoms with van der Waals surface area (Å²) in [6, 6.07) is 19.0. The second-order valence-corrected chi connectivity index (χ2v) is 7.11. The van der Waals surface area contributed by atoms with Crippen molar-refractivity contribution in [3.05, 3.63) is 83.4 Å². The molecule has 8 nitrogen and oxygen atoms in total. The molecule has 0 fully saturated rings. The highest BCUT2D eigenvalue weighted by Crippen LogP contribution is 2.28. The first-order valence-corrected chi connectivity index (χ1v) is 10.6. The Hall–Kier alpha value is -4.33. The van der Waals surface area contributed by atoms with Crippen LogP contribution in [-0.4, -0.2) is 38.9 Å². The van der Waals surface area contributed by atoms with Gasteiger partial charge in [-0.2, -0.15) is 5.10 Å². The van der Waals surface area contributed by atoms with Crippen LogP contribution < -0.4 is 24.4 Å². The largest absolute Gasteiger partial charge is 0.493 e. The molecule has 8 heteroatoms. The average Bonchev–Trinajstić information content (AvgIpc) is 2.88. The lowest BCUT2D eigenvalue weighted by atomic mass is 10.2. The molecule has 0 atom stereocenters. The van der Waals surface area contributed by atoms with Crippen LogP contribution in [0, 0.1) is 0 Å². The standard InChI is InChI=1S/C26H26N2O6/c1-4-18-5-10-21(11-6-18)33-17-25(29)28-27-16-19-7-12-22(13-8-19)34-26(30)20-9-14-23(31-2)24(15-20)32-3/h5-16H,4,17H2,1-3H3,(H,28,29). The molecule has 1 amide bonds. The van der Waals surface area contributed by atoms with Gasteiger partial charge in [-0.15, -0.1) is 0 Å². The summed E-state index contributed by atoms with van der Waals surface area (Å²) in [6.07, 6.45) is 2.42. The van der Waals surface area contributed by atoms with Crippen molar-refractivity contribution in [2.45, 2.75) is 13.3 Å². The van der Waals surface area contributed by atoms with Crippen LogP contribution in [0.25, 0.3) is 0 Å². The Morgan fingerprint density at radius 2 is 1.56 bits per heavy atom. The van der Waals surface area contributed by atoms with E-state index in [-0.39, 0.29) is 12.5 Å². The van der Waals surface area contributed by atoms with E-state index in [4.69, 9.17) is 18.9 Å². The Morgan fingerprint density at radius 1 is 0.882 bits per heavy atom. The number of benzene rings is 3. The van der Waals surface area contributed by atoms with Gasteiger partial charge in [0.15, 0.2) is 18.1 Å². The summed E-state index contributed by atoms with van der Waals surface area (Å²) >= 11 is 0. The van der Waals surface area contributed by atoms with E-state index in [1.54, 1.807) is 42.5 Å². The molecule has 0 unspecified atom stereocenters. The van der Waals surface area contributed by atoms with Gasteiger partial charge >= 0.3 is 5.97 Å². The number of hydrogen-bond donors (Lipinski definition) is 1. The molecule has 0 saturated heterocycles. The number of esters is 1. The Labute approximate surface area is 198 Å². The molecule has 0 spiro atoms. The van der Waals surface area contributed by atoms with E-state index in [1.165, 1.54) is 26.0 Å². The number of carbonyl (C=O) groups excluding carboxylic acids is 2. The highest BCUT2D eigenvalue weighted by Gasteiger charge is 2.13. The summed E-state index contributed by atoms with van der Waals surface area (Å²) in [4.78, 5) is 24.3. The molecule has 0 heterocycles. The number of rotatable bonds is 10. The van der Waals surface area contributed by atoms with Gasteiger partial charge in [-0.1, -0.05) is 19.1 Å². The zero-order valence-corrected chi connectivity index (χ0v) is 19.2. The van der Waals surface area contributed by atoms with Gasteiger partial charge < -0.3 is 18.9 Å². The zero-order chi connectivity index (χ0) is 24.3. The van der Waals surface area contributed by atoms with E-state index in [0.29, 0.717) is 34.1 Å². The van der Waals surface area contributed by atoms with Gasteiger partial charge in [0.25, 0.3) is 5.91 Å². The fourth-order valence-corrected chi connectivity index (χ4v) is 2.93. The molecule has 0 saturated carbocycles. The fourth-order valence-electron chi connectivity index (χ4n) is 2.93. The number of hydrazone groups is 1. The molecular formula is C26H26N2O6. The highest BCUT2D eigenvalue weighted by molar-refractivity contribution is 5.92. The molecule has 34 heavy (non-hydrogen) atoms. The predicted octanol–water partition coefficient (Wildman–Crippen LogP) is 4.01. The molecule has 0 radical (unpaired) electrons. The number of nitrogens with zero attached hydrogens (tertiary/aromatic N) is 1. The first-order chi connectivity index (χ1) is 16.5. The zero-order valence-electron chi connectivity index (χ0n) is 19.2. The maximum absolute atomic E-state index is 12.4. The van der Waals surface area contributed by atoms with Crippen LogP contribution in [0.1, 0.15) is 28.4 Å². The number of nitrogens with one attached hydrogen (secondary N) is 1. The van der Waals surface area contributed by atoms with E-state index in [0.717, 1.165) is 6.42 Å². The molecule has 0 aliphatic heterocycles. The Morgan fingerprint density at radius 3 is 2.21 bits per heavy atom. The van der Waals surface area contributed by atoms with Crippen molar-refractivity contribution in [3.8, 4) is 23.0 Å². The predicted molar refractivity (Wildman–Crippen MR) is 128 cm³/mol. The van der Waals surface area contributed by atoms with Crippen LogP contribution in [0.5, 0.6) is 23.0 Å². The molecule has 1 N–H and O–H groups in total. The summed E-state index contributed by atoms with van der Waals surface area (Å²) in [5.41, 5.74) is 4.65. The van der Waals surface area contributed by atoms with Crippen molar-refractivity contribution in [2.24, 2.45) is 5.10 Å². The maximum Gasteiger partial charge on any atom is 0.343 e. The number of ether oxygens (including phenoxy) is 4. The molecule has 0 bridgehead atoms. The minimum Gasteiger partial charge on any atom is -0.493 e. The molecule has 0 aliphatic rings. The third-order valence-electron chi connectivity index (χ3n) is 4.81. The normalized spacial score (nSPS) is 10.6. The van der Waals surface area contributed by atoms with Crippen LogP contribution in [0.4, 0.5) is 0 Å². The van der Waals surface area contributed by atoms with E-state index >= 15 is 0 Å². The number of carbonyl (C=O) groups is 2. The van der Waals surface area contributed by atoms with Gasteiger partial charge in [-0.3, -0.25) is 4.79 Å². The lowest BCUT2D eigenvalue weighted by molar-refractivity contribution is -0.123. The van der Waals surface area contributed by atoms with Crippen molar-refractivity contribution in [3.63, 3.8) is 0 Å². The van der Waals surface area contributed by atoms with Crippen LogP contribution in [0.2, 0.25) is 0 Å². The molecule has 0 aliphatic carbocycles. The number of aryl methyl sites for hydroxylation is 1. The van der Waals surface area contributed by atoms with Crippen molar-refractivity contribution < 1.29 is 28.5 Å². The summed E-state index contributed by atoms with van der Waals surface area (Å²) in [6.45, 7) is 1.93. The first kappa shape index (κ1) is 24.3. The van der Waals surface area contributed by atoms with Crippen molar-refractivity contribution in [1.29, 1.82) is 0 Å². The smallest absolute Gasteiger partial charge is 0.343 e. The van der Waals surface area contributed by atoms with Crippen LogP contribution in [0.3, 0.4) is 0 Å². The van der Waals surface area contributed by atoms with Crippen LogP contribution in [-0.2, 0) is 11.2 Å². The fraction of sp³-hybridized carbons (Fsp3) is 0.192. The Balaban J connectivity index is 1.48. The minimum atomic E-state index is -0.529. The average molecular weight is 463 g/mol. The minimum absolute atomic E-state index is 0.145. The van der Waals surface area contributed by atoms with Crippen LogP contribution in [0.15, 0.2) is 71.8 Å². The highest BCUT2D eigenvalue weighted by atomic mass is 16.5. The third kappa shape index (κ3) is 6.83.